The van der Waals surface area contributed by atoms with Crippen LogP contribution in [0, 0.1) is 29.1 Å². The number of fused-ring (bicyclic) bond motifs is 1. The molecule has 1 saturated heterocycles. The Balaban J connectivity index is 1.33. The second-order valence-electron chi connectivity index (χ2n) is 12.8. The first-order valence-corrected chi connectivity index (χ1v) is 15.8. The summed E-state index contributed by atoms with van der Waals surface area (Å²) in [6.07, 6.45) is -0.143. The molecule has 2 aromatic heterocycles. The van der Waals surface area contributed by atoms with Gasteiger partial charge in [-0.05, 0) is 67.6 Å². The third-order valence-corrected chi connectivity index (χ3v) is 9.66. The molecule has 2 saturated carbocycles. The Kier molecular flexibility index (Phi) is 9.14. The number of rotatable bonds is 12. The number of imidazole rings is 1. The van der Waals surface area contributed by atoms with Gasteiger partial charge in [-0.1, -0.05) is 30.3 Å². The van der Waals surface area contributed by atoms with Crippen LogP contribution in [0.5, 0.6) is 0 Å². The maximum atomic E-state index is 13.9. The molecule has 2 N–H and O–H groups in total. The molecule has 47 heavy (non-hydrogen) atoms. The Morgan fingerprint density at radius 2 is 1.77 bits per heavy atom. The van der Waals surface area contributed by atoms with E-state index in [1.54, 1.807) is 12.3 Å². The number of nitrogens with one attached hydrogen (secondary N) is 2. The minimum atomic E-state index is -4.66. The van der Waals surface area contributed by atoms with Gasteiger partial charge in [-0.3, -0.25) is 9.59 Å². The quantitative estimate of drug-likeness (QED) is 0.211. The van der Waals surface area contributed by atoms with Gasteiger partial charge < -0.3 is 24.8 Å². The van der Waals surface area contributed by atoms with Crippen LogP contribution in [0.4, 0.5) is 18.0 Å². The number of benzene rings is 1. The van der Waals surface area contributed by atoms with Gasteiger partial charge in [-0.2, -0.15) is 18.3 Å². The number of carbonyl (C=O) groups is 3. The molecule has 0 bridgehead atoms. The molecule has 1 aromatic carbocycles. The third-order valence-electron chi connectivity index (χ3n) is 9.66. The van der Waals surface area contributed by atoms with Crippen LogP contribution < -0.4 is 10.6 Å². The van der Waals surface area contributed by atoms with Crippen LogP contribution in [-0.2, 0) is 30.4 Å². The van der Waals surface area contributed by atoms with Crippen LogP contribution in [0.2, 0.25) is 0 Å². The van der Waals surface area contributed by atoms with Gasteiger partial charge in [0.05, 0.1) is 49.2 Å². The summed E-state index contributed by atoms with van der Waals surface area (Å²) in [7, 11) is 2.36. The molecule has 2 unspecified atom stereocenters. The first-order chi connectivity index (χ1) is 22.5. The zero-order valence-corrected chi connectivity index (χ0v) is 26.2. The van der Waals surface area contributed by atoms with E-state index in [0.29, 0.717) is 23.2 Å². The van der Waals surface area contributed by atoms with Crippen LogP contribution in [0.1, 0.15) is 61.0 Å². The number of carbonyl (C=O) groups excluding carboxylic acids is 3. The van der Waals surface area contributed by atoms with Crippen molar-refractivity contribution in [1.29, 1.82) is 0 Å². The summed E-state index contributed by atoms with van der Waals surface area (Å²) < 4.78 is 59.1. The van der Waals surface area contributed by atoms with Crippen molar-refractivity contribution in [3.8, 4) is 0 Å². The van der Waals surface area contributed by atoms with Crippen LogP contribution in [0.3, 0.4) is 0 Å². The molecular weight excluding hydrogens is 619 g/mol. The highest BCUT2D eigenvalue weighted by atomic mass is 19.4. The highest BCUT2D eigenvalue weighted by Crippen LogP contribution is 2.54. The van der Waals surface area contributed by atoms with Gasteiger partial charge in [-0.25, -0.2) is 14.3 Å². The van der Waals surface area contributed by atoms with Crippen molar-refractivity contribution < 1.29 is 41.8 Å². The fraction of sp³-hybridized carbons (Fsp3) is 0.545. The lowest BCUT2D eigenvalue weighted by atomic mass is 9.65. The molecule has 3 heterocycles. The average Bonchev–Trinajstić information content (AvgIpc) is 4.01. The Labute approximate surface area is 269 Å². The number of esters is 1. The minimum absolute atomic E-state index is 0.110. The summed E-state index contributed by atoms with van der Waals surface area (Å²) >= 11 is 0. The molecule has 3 aliphatic rings. The third kappa shape index (κ3) is 6.78. The Hall–Kier alpha value is -4.20. The normalized spacial score (nSPS) is 22.9. The van der Waals surface area contributed by atoms with Crippen LogP contribution >= 0.6 is 0 Å². The highest BCUT2D eigenvalue weighted by molar-refractivity contribution is 6.04. The molecule has 6 rings (SSSR count). The zero-order chi connectivity index (χ0) is 33.3. The molecule has 2 aliphatic carbocycles. The second-order valence-corrected chi connectivity index (χ2v) is 12.8. The molecule has 4 atom stereocenters. The van der Waals surface area contributed by atoms with Crippen LogP contribution in [-0.4, -0.2) is 66.1 Å². The number of amides is 2. The highest BCUT2D eigenvalue weighted by Gasteiger charge is 2.61. The topological polar surface area (TPSA) is 133 Å². The van der Waals surface area contributed by atoms with Gasteiger partial charge in [0.1, 0.15) is 6.61 Å². The van der Waals surface area contributed by atoms with Crippen molar-refractivity contribution in [2.24, 2.45) is 29.1 Å². The summed E-state index contributed by atoms with van der Waals surface area (Å²) in [5.74, 6) is -4.15. The van der Waals surface area contributed by atoms with Gasteiger partial charge in [0, 0.05) is 13.7 Å². The van der Waals surface area contributed by atoms with Gasteiger partial charge in [0.2, 0.25) is 5.91 Å². The number of alkyl halides is 3. The number of hydrogen-bond donors (Lipinski definition) is 2. The SMILES string of the molecule is COCC(c1ccc2nc([C@@H](NC(=O)OCc3ccccc3)C(C3CC3)C3CC3)cn2n1)C1(C(=O)OC)C[C@@H](C(F)(F)F)CNC1=O. The van der Waals surface area contributed by atoms with Gasteiger partial charge in [0.15, 0.2) is 11.1 Å². The maximum Gasteiger partial charge on any atom is 0.408 e. The van der Waals surface area contributed by atoms with Crippen molar-refractivity contribution in [2.45, 2.75) is 56.8 Å². The van der Waals surface area contributed by atoms with E-state index >= 15 is 0 Å². The average molecular weight is 658 g/mol. The summed E-state index contributed by atoms with van der Waals surface area (Å²) in [5.41, 5.74) is -0.257. The van der Waals surface area contributed by atoms with E-state index in [9.17, 15) is 27.6 Å². The summed E-state index contributed by atoms with van der Waals surface area (Å²) in [5, 5.41) is 10.00. The number of halogens is 3. The summed E-state index contributed by atoms with van der Waals surface area (Å²) in [6.45, 7) is -0.821. The number of ether oxygens (including phenoxy) is 3. The number of hydrogen-bond acceptors (Lipinski definition) is 8. The lowest BCUT2D eigenvalue weighted by molar-refractivity contribution is -0.198. The summed E-state index contributed by atoms with van der Waals surface area (Å²) in [4.78, 5) is 44.5. The van der Waals surface area contributed by atoms with E-state index in [1.165, 1.54) is 17.7 Å². The van der Waals surface area contributed by atoms with E-state index in [2.05, 4.69) is 15.7 Å². The molecule has 252 valence electrons. The molecule has 1 aliphatic heterocycles. The monoisotopic (exact) mass is 657 g/mol. The molecule has 14 heteroatoms. The van der Waals surface area contributed by atoms with Crippen molar-refractivity contribution in [2.75, 3.05) is 27.4 Å². The lowest BCUT2D eigenvalue weighted by Gasteiger charge is -2.42. The van der Waals surface area contributed by atoms with E-state index < -0.39 is 60.4 Å². The number of nitrogens with zero attached hydrogens (tertiary/aromatic N) is 3. The lowest BCUT2D eigenvalue weighted by Crippen LogP contribution is -2.60. The fourth-order valence-corrected chi connectivity index (χ4v) is 7.01. The first-order valence-electron chi connectivity index (χ1n) is 15.8. The minimum Gasteiger partial charge on any atom is -0.468 e. The molecular formula is C33H38F3N5O6. The van der Waals surface area contributed by atoms with Crippen LogP contribution in [0.25, 0.3) is 5.65 Å². The van der Waals surface area contributed by atoms with Gasteiger partial charge >= 0.3 is 18.2 Å². The van der Waals surface area contributed by atoms with Crippen molar-refractivity contribution in [3.63, 3.8) is 0 Å². The summed E-state index contributed by atoms with van der Waals surface area (Å²) in [6, 6.07) is 12.0. The van der Waals surface area contributed by atoms with Crippen molar-refractivity contribution in [1.82, 2.24) is 25.2 Å². The van der Waals surface area contributed by atoms with E-state index in [0.717, 1.165) is 38.4 Å². The van der Waals surface area contributed by atoms with E-state index in [-0.39, 0.29) is 24.8 Å². The zero-order valence-electron chi connectivity index (χ0n) is 26.2. The predicted molar refractivity (Wildman–Crippen MR) is 161 cm³/mol. The Morgan fingerprint density at radius 3 is 2.38 bits per heavy atom. The van der Waals surface area contributed by atoms with Crippen molar-refractivity contribution >= 4 is 23.6 Å². The van der Waals surface area contributed by atoms with Gasteiger partial charge in [0.25, 0.3) is 0 Å². The number of alkyl carbamates (subject to hydrolysis) is 1. The van der Waals surface area contributed by atoms with E-state index in [4.69, 9.17) is 19.2 Å². The number of methoxy groups -OCH3 is 2. The van der Waals surface area contributed by atoms with Crippen molar-refractivity contribution in [3.05, 3.63) is 65.6 Å². The molecule has 0 spiro atoms. The smallest absolute Gasteiger partial charge is 0.408 e. The van der Waals surface area contributed by atoms with Gasteiger partial charge in [-0.15, -0.1) is 0 Å². The molecule has 0 radical (unpaired) electrons. The Morgan fingerprint density at radius 1 is 1.06 bits per heavy atom. The molecule has 3 fully saturated rings. The largest absolute Gasteiger partial charge is 0.468 e. The number of aromatic nitrogens is 3. The predicted octanol–water partition coefficient (Wildman–Crippen LogP) is 4.72. The Bertz CT molecular complexity index is 1590. The number of piperidine rings is 1. The fourth-order valence-electron chi connectivity index (χ4n) is 7.01. The molecule has 2 amide bonds. The van der Waals surface area contributed by atoms with Crippen LogP contribution in [0.15, 0.2) is 48.7 Å². The standard InChI is InChI=1S/C33H38F3N5O6/c1-45-18-23(32(30(43)46-2)14-22(33(34,35)36)15-37-29(32)42)24-12-13-26-38-25(16-41(26)40-24)28(27(20-8-9-20)21-10-11-21)39-31(44)47-17-19-6-4-3-5-7-19/h3-7,12-13,16,20-23,27-28H,8-11,14-15,17-18H2,1-2H3,(H,37,42)(H,39,44)/t22-,23?,28-,32?/m1/s1. The maximum absolute atomic E-state index is 13.9. The second kappa shape index (κ2) is 13.1. The molecule has 3 aromatic rings. The first kappa shape index (κ1) is 32.7. The van der Waals surface area contributed by atoms with E-state index in [1.807, 2.05) is 30.3 Å². The molecule has 11 nitrogen and oxygen atoms in total.